The Hall–Kier alpha value is -0.940. The zero-order valence-corrected chi connectivity index (χ0v) is 14.0. The van der Waals surface area contributed by atoms with Crippen LogP contribution in [0.4, 0.5) is 0 Å². The molecule has 2 fully saturated rings. The van der Waals surface area contributed by atoms with E-state index < -0.39 is 0 Å². The highest BCUT2D eigenvalue weighted by molar-refractivity contribution is 5.13. The lowest BCUT2D eigenvalue weighted by atomic mass is 9.84. The average Bonchev–Trinajstić information content (AvgIpc) is 2.60. The Morgan fingerprint density at radius 2 is 1.96 bits per heavy atom. The Morgan fingerprint density at radius 1 is 1.13 bits per heavy atom. The molecule has 2 aliphatic rings. The largest absolute Gasteiger partial charge is 0.381 e. The van der Waals surface area contributed by atoms with Gasteiger partial charge >= 0.3 is 0 Å². The van der Waals surface area contributed by atoms with Gasteiger partial charge in [-0.05, 0) is 44.2 Å². The monoisotopic (exact) mass is 319 g/mol. The van der Waals surface area contributed by atoms with Gasteiger partial charge in [0.05, 0.1) is 12.2 Å². The molecule has 1 aromatic rings. The topological polar surface area (TPSA) is 39.7 Å². The summed E-state index contributed by atoms with van der Waals surface area (Å²) < 4.78 is 17.3. The second-order valence-electron chi connectivity index (χ2n) is 6.68. The Labute approximate surface area is 139 Å². The van der Waals surface area contributed by atoms with Crippen LogP contribution in [0.2, 0.25) is 0 Å². The van der Waals surface area contributed by atoms with Crippen LogP contribution in [0.3, 0.4) is 0 Å². The summed E-state index contributed by atoms with van der Waals surface area (Å²) in [6, 6.07) is 10.9. The van der Waals surface area contributed by atoms with E-state index in [0.29, 0.717) is 12.6 Å². The Bertz CT molecular complexity index is 440. The minimum atomic E-state index is 0.0813. The molecule has 0 aromatic heterocycles. The van der Waals surface area contributed by atoms with Gasteiger partial charge in [0.2, 0.25) is 0 Å². The molecule has 0 bridgehead atoms. The van der Waals surface area contributed by atoms with Crippen molar-refractivity contribution in [1.82, 2.24) is 5.32 Å². The van der Waals surface area contributed by atoms with Crippen molar-refractivity contribution in [2.45, 2.75) is 50.4 Å². The van der Waals surface area contributed by atoms with Crippen molar-refractivity contribution in [3.8, 4) is 0 Å². The van der Waals surface area contributed by atoms with Gasteiger partial charge in [-0.3, -0.25) is 0 Å². The molecular weight excluding hydrogens is 290 g/mol. The van der Waals surface area contributed by atoms with Crippen LogP contribution in [0.15, 0.2) is 30.3 Å². The van der Waals surface area contributed by atoms with Gasteiger partial charge in [-0.15, -0.1) is 0 Å². The number of hydrogen-bond donors (Lipinski definition) is 1. The predicted octanol–water partition coefficient (Wildman–Crippen LogP) is 2.91. The van der Waals surface area contributed by atoms with Crippen LogP contribution in [0.1, 0.15) is 37.7 Å². The number of hydrogen-bond acceptors (Lipinski definition) is 4. The molecule has 1 unspecified atom stereocenters. The van der Waals surface area contributed by atoms with Crippen LogP contribution in [0.5, 0.6) is 0 Å². The van der Waals surface area contributed by atoms with E-state index >= 15 is 0 Å². The van der Waals surface area contributed by atoms with Gasteiger partial charge in [-0.1, -0.05) is 30.3 Å². The van der Waals surface area contributed by atoms with Gasteiger partial charge in [0.15, 0.2) is 0 Å². The number of rotatable bonds is 7. The Kier molecular flexibility index (Phi) is 6.46. The van der Waals surface area contributed by atoms with Crippen molar-refractivity contribution in [2.75, 3.05) is 33.0 Å². The molecule has 1 aromatic carbocycles. The minimum absolute atomic E-state index is 0.0813. The Balaban J connectivity index is 1.28. The first kappa shape index (κ1) is 16.9. The number of ether oxygens (including phenoxy) is 3. The SMILES string of the molecule is c1ccc(COCCCNC2CCOC3(CCOCC3)C2)cc1. The standard InChI is InChI=1S/C19H29NO3/c1-2-5-17(6-3-1)16-22-11-4-10-20-18-7-12-23-19(15-18)8-13-21-14-9-19/h1-3,5-6,18,20H,4,7-16H2. The lowest BCUT2D eigenvalue weighted by Gasteiger charge is -2.43. The molecule has 128 valence electrons. The van der Waals surface area contributed by atoms with Gasteiger partial charge in [0.25, 0.3) is 0 Å². The van der Waals surface area contributed by atoms with E-state index in [1.165, 1.54) is 5.56 Å². The summed E-state index contributed by atoms with van der Waals surface area (Å²) in [5.41, 5.74) is 1.32. The van der Waals surface area contributed by atoms with E-state index in [1.807, 2.05) is 6.07 Å². The number of nitrogens with one attached hydrogen (secondary N) is 1. The predicted molar refractivity (Wildman–Crippen MR) is 90.5 cm³/mol. The fraction of sp³-hybridized carbons (Fsp3) is 0.684. The van der Waals surface area contributed by atoms with Gasteiger partial charge in [0.1, 0.15) is 0 Å². The van der Waals surface area contributed by atoms with E-state index in [0.717, 1.165) is 65.1 Å². The maximum atomic E-state index is 6.09. The zero-order chi connectivity index (χ0) is 15.8. The molecule has 2 aliphatic heterocycles. The molecule has 4 heteroatoms. The molecule has 4 nitrogen and oxygen atoms in total. The molecule has 2 heterocycles. The molecule has 0 saturated carbocycles. The van der Waals surface area contributed by atoms with E-state index in [-0.39, 0.29) is 5.60 Å². The summed E-state index contributed by atoms with van der Waals surface area (Å²) in [5.74, 6) is 0. The van der Waals surface area contributed by atoms with Crippen molar-refractivity contribution in [3.63, 3.8) is 0 Å². The summed E-state index contributed by atoms with van der Waals surface area (Å²) in [7, 11) is 0. The van der Waals surface area contributed by atoms with Gasteiger partial charge in [0, 0.05) is 32.5 Å². The van der Waals surface area contributed by atoms with E-state index in [1.54, 1.807) is 0 Å². The third-order valence-electron chi connectivity index (χ3n) is 4.91. The highest BCUT2D eigenvalue weighted by atomic mass is 16.5. The smallest absolute Gasteiger partial charge is 0.0741 e. The van der Waals surface area contributed by atoms with Crippen LogP contribution >= 0.6 is 0 Å². The maximum absolute atomic E-state index is 6.09. The fourth-order valence-corrected chi connectivity index (χ4v) is 3.54. The first-order valence-corrected chi connectivity index (χ1v) is 8.93. The molecule has 0 amide bonds. The second kappa shape index (κ2) is 8.78. The average molecular weight is 319 g/mol. The van der Waals surface area contributed by atoms with Gasteiger partial charge < -0.3 is 19.5 Å². The van der Waals surface area contributed by atoms with Crippen LogP contribution < -0.4 is 5.32 Å². The van der Waals surface area contributed by atoms with Crippen LogP contribution in [-0.2, 0) is 20.8 Å². The van der Waals surface area contributed by atoms with E-state index in [4.69, 9.17) is 14.2 Å². The van der Waals surface area contributed by atoms with Crippen molar-refractivity contribution in [3.05, 3.63) is 35.9 Å². The third kappa shape index (κ3) is 5.28. The second-order valence-corrected chi connectivity index (χ2v) is 6.68. The van der Waals surface area contributed by atoms with Crippen LogP contribution in [0.25, 0.3) is 0 Å². The molecule has 0 radical (unpaired) electrons. The Morgan fingerprint density at radius 3 is 2.78 bits per heavy atom. The van der Waals surface area contributed by atoms with Gasteiger partial charge in [-0.2, -0.15) is 0 Å². The molecule has 2 saturated heterocycles. The quantitative estimate of drug-likeness (QED) is 0.785. The molecule has 3 rings (SSSR count). The fourth-order valence-electron chi connectivity index (χ4n) is 3.54. The molecule has 0 aliphatic carbocycles. The number of benzene rings is 1. The molecule has 23 heavy (non-hydrogen) atoms. The molecule has 1 atom stereocenters. The summed E-state index contributed by atoms with van der Waals surface area (Å²) in [5, 5.41) is 3.69. The normalized spacial score (nSPS) is 23.9. The molecular formula is C19H29NO3. The van der Waals surface area contributed by atoms with Crippen molar-refractivity contribution in [2.24, 2.45) is 0 Å². The first-order valence-electron chi connectivity index (χ1n) is 8.93. The van der Waals surface area contributed by atoms with E-state index in [9.17, 15) is 0 Å². The van der Waals surface area contributed by atoms with Gasteiger partial charge in [-0.25, -0.2) is 0 Å². The highest BCUT2D eigenvalue weighted by Crippen LogP contribution is 2.34. The first-order chi connectivity index (χ1) is 11.4. The maximum Gasteiger partial charge on any atom is 0.0741 e. The summed E-state index contributed by atoms with van der Waals surface area (Å²) in [6.07, 6.45) is 5.39. The van der Waals surface area contributed by atoms with Crippen LogP contribution in [-0.4, -0.2) is 44.6 Å². The summed E-state index contributed by atoms with van der Waals surface area (Å²) >= 11 is 0. The zero-order valence-electron chi connectivity index (χ0n) is 14.0. The van der Waals surface area contributed by atoms with Crippen molar-refractivity contribution >= 4 is 0 Å². The van der Waals surface area contributed by atoms with Crippen molar-refractivity contribution < 1.29 is 14.2 Å². The molecule has 1 N–H and O–H groups in total. The highest BCUT2D eigenvalue weighted by Gasteiger charge is 2.38. The summed E-state index contributed by atoms with van der Waals surface area (Å²) in [6.45, 7) is 5.11. The van der Waals surface area contributed by atoms with E-state index in [2.05, 4.69) is 29.6 Å². The van der Waals surface area contributed by atoms with Crippen LogP contribution in [0, 0.1) is 0 Å². The van der Waals surface area contributed by atoms with Crippen molar-refractivity contribution in [1.29, 1.82) is 0 Å². The lowest BCUT2D eigenvalue weighted by molar-refractivity contribution is -0.140. The summed E-state index contributed by atoms with van der Waals surface area (Å²) in [4.78, 5) is 0. The lowest BCUT2D eigenvalue weighted by Crippen LogP contribution is -2.50. The third-order valence-corrected chi connectivity index (χ3v) is 4.91. The minimum Gasteiger partial charge on any atom is -0.381 e. The molecule has 1 spiro atoms.